The average molecular weight is 799 g/mol. The third-order valence-electron chi connectivity index (χ3n) is 8.80. The van der Waals surface area contributed by atoms with E-state index in [-0.39, 0.29) is 11.6 Å². The molecule has 4 aromatic carbocycles. The molecule has 0 saturated heterocycles. The van der Waals surface area contributed by atoms with E-state index < -0.39 is 23.0 Å². The normalized spacial score (nSPS) is 13.4. The van der Waals surface area contributed by atoms with Crippen LogP contribution in [0.4, 0.5) is 10.7 Å². The summed E-state index contributed by atoms with van der Waals surface area (Å²) in [6.45, 7) is 0. The summed E-state index contributed by atoms with van der Waals surface area (Å²) in [7, 11) is 1.36. The van der Waals surface area contributed by atoms with Crippen molar-refractivity contribution in [3.63, 3.8) is 0 Å². The number of aryl methyl sites for hydroxylation is 1. The minimum absolute atomic E-state index is 0.0788. The minimum Gasteiger partial charge on any atom is -0.465 e. The summed E-state index contributed by atoms with van der Waals surface area (Å²) in [5.74, 6) is -1.86. The second-order valence-corrected chi connectivity index (χ2v) is 15.6. The number of nitrogens with one attached hydrogen (secondary N) is 3. The SMILES string of the molecule is COC(=O)c1c(NC(=O)C(Sc2cccc(NC(=O)/C(=C\c3c(Cl)cccc3Cl)NC(=O)c3ccccc3)c2)c2ccccc2)sc2c1CCCCCC2. The molecule has 5 aromatic rings. The summed E-state index contributed by atoms with van der Waals surface area (Å²) in [6.07, 6.45) is 7.28. The molecule has 276 valence electrons. The predicted molar refractivity (Wildman–Crippen MR) is 219 cm³/mol. The van der Waals surface area contributed by atoms with Gasteiger partial charge in [-0.2, -0.15) is 0 Å². The molecule has 6 rings (SSSR count). The molecule has 1 aromatic heterocycles. The van der Waals surface area contributed by atoms with E-state index in [1.807, 2.05) is 36.4 Å². The highest BCUT2D eigenvalue weighted by atomic mass is 35.5. The van der Waals surface area contributed by atoms with Crippen molar-refractivity contribution in [2.24, 2.45) is 0 Å². The number of halogens is 2. The highest BCUT2D eigenvalue weighted by Crippen LogP contribution is 2.41. The molecule has 0 aliphatic heterocycles. The van der Waals surface area contributed by atoms with Gasteiger partial charge in [-0.05, 0) is 85.4 Å². The van der Waals surface area contributed by atoms with Crippen LogP contribution in [-0.4, -0.2) is 30.8 Å². The van der Waals surface area contributed by atoms with Gasteiger partial charge in [0.25, 0.3) is 11.8 Å². The summed E-state index contributed by atoms with van der Waals surface area (Å²) in [5.41, 5.74) is 3.24. The molecule has 1 heterocycles. The zero-order valence-corrected chi connectivity index (χ0v) is 32.5. The van der Waals surface area contributed by atoms with Crippen LogP contribution in [0.1, 0.15) is 73.2 Å². The standard InChI is InChI=1S/C42H37Cl2N3O5S2/c1-52-42(51)36-30-20-10-2-3-11-23-35(30)54-41(36)47-40(50)37(26-14-6-4-7-15-26)53-29-19-12-18-28(24-29)45-39(49)34(25-31-32(43)21-13-22-33(31)44)46-38(48)27-16-8-5-9-17-27/h4-9,12-19,21-22,24-25,37H,2-3,10-11,20,23H2,1H3,(H,45,49)(H,46,48)(H,47,50)/b34-25+. The van der Waals surface area contributed by atoms with Gasteiger partial charge in [-0.1, -0.05) is 96.7 Å². The summed E-state index contributed by atoms with van der Waals surface area (Å²) < 4.78 is 5.18. The highest BCUT2D eigenvalue weighted by molar-refractivity contribution is 8.00. The van der Waals surface area contributed by atoms with Gasteiger partial charge >= 0.3 is 5.97 Å². The molecule has 0 saturated carbocycles. The van der Waals surface area contributed by atoms with E-state index in [9.17, 15) is 19.2 Å². The Balaban J connectivity index is 1.27. The molecule has 0 radical (unpaired) electrons. The molecule has 1 aliphatic rings. The summed E-state index contributed by atoms with van der Waals surface area (Å²) >= 11 is 15.6. The Hall–Kier alpha value is -4.87. The Morgan fingerprint density at radius 1 is 0.796 bits per heavy atom. The maximum atomic E-state index is 14.2. The van der Waals surface area contributed by atoms with Gasteiger partial charge in [0.2, 0.25) is 5.91 Å². The number of methoxy groups -OCH3 is 1. The fraction of sp³-hybridized carbons (Fsp3) is 0.190. The van der Waals surface area contributed by atoms with Crippen LogP contribution in [0.15, 0.2) is 114 Å². The summed E-state index contributed by atoms with van der Waals surface area (Å²) in [4.78, 5) is 56.1. The highest BCUT2D eigenvalue weighted by Gasteiger charge is 2.29. The van der Waals surface area contributed by atoms with Crippen molar-refractivity contribution < 1.29 is 23.9 Å². The number of esters is 1. The number of hydrogen-bond donors (Lipinski definition) is 3. The lowest BCUT2D eigenvalue weighted by Crippen LogP contribution is -2.30. The van der Waals surface area contributed by atoms with Crippen LogP contribution < -0.4 is 16.0 Å². The number of carbonyl (C=O) groups is 4. The third-order valence-corrected chi connectivity index (χ3v) is 11.9. The van der Waals surface area contributed by atoms with Gasteiger partial charge in [-0.25, -0.2) is 4.79 Å². The van der Waals surface area contributed by atoms with E-state index in [1.54, 1.807) is 66.7 Å². The predicted octanol–water partition coefficient (Wildman–Crippen LogP) is 10.4. The zero-order chi connectivity index (χ0) is 38.0. The first kappa shape index (κ1) is 38.8. The van der Waals surface area contributed by atoms with Gasteiger partial charge in [-0.15, -0.1) is 23.1 Å². The van der Waals surface area contributed by atoms with Gasteiger partial charge in [-0.3, -0.25) is 14.4 Å². The Kier molecular flexibility index (Phi) is 13.3. The van der Waals surface area contributed by atoms with E-state index in [4.69, 9.17) is 27.9 Å². The molecule has 12 heteroatoms. The quantitative estimate of drug-likeness (QED) is 0.0697. The molecule has 0 bridgehead atoms. The van der Waals surface area contributed by atoms with E-state index in [0.29, 0.717) is 42.3 Å². The fourth-order valence-electron chi connectivity index (χ4n) is 6.12. The van der Waals surface area contributed by atoms with Crippen LogP contribution in [0, 0.1) is 0 Å². The molecule has 8 nitrogen and oxygen atoms in total. The Bertz CT molecular complexity index is 2170. The molecule has 3 N–H and O–H groups in total. The monoisotopic (exact) mass is 797 g/mol. The smallest absolute Gasteiger partial charge is 0.341 e. The third kappa shape index (κ3) is 9.62. The number of anilines is 2. The van der Waals surface area contributed by atoms with Gasteiger partial charge in [0.05, 0.1) is 12.7 Å². The second-order valence-electron chi connectivity index (χ2n) is 12.5. The molecule has 1 unspecified atom stereocenters. The fourth-order valence-corrected chi connectivity index (χ4v) is 8.99. The molecular formula is C42H37Cl2N3O5S2. The van der Waals surface area contributed by atoms with E-state index in [1.165, 1.54) is 36.3 Å². The first-order chi connectivity index (χ1) is 26.2. The number of fused-ring (bicyclic) bond motifs is 1. The van der Waals surface area contributed by atoms with Crippen molar-refractivity contribution in [2.45, 2.75) is 48.7 Å². The number of benzene rings is 4. The Morgan fingerprint density at radius 3 is 2.17 bits per heavy atom. The van der Waals surface area contributed by atoms with E-state index in [0.717, 1.165) is 54.5 Å². The zero-order valence-electron chi connectivity index (χ0n) is 29.3. The summed E-state index contributed by atoms with van der Waals surface area (Å²) in [5, 5.41) is 9.06. The molecular weight excluding hydrogens is 762 g/mol. The van der Waals surface area contributed by atoms with Crippen LogP contribution in [0.2, 0.25) is 10.0 Å². The van der Waals surface area contributed by atoms with Crippen molar-refractivity contribution in [1.29, 1.82) is 0 Å². The lowest BCUT2D eigenvalue weighted by molar-refractivity contribution is -0.116. The molecule has 1 atom stereocenters. The molecule has 0 fully saturated rings. The second kappa shape index (κ2) is 18.4. The number of rotatable bonds is 11. The number of thiophene rings is 1. The Labute approximate surface area is 332 Å². The number of hydrogen-bond acceptors (Lipinski definition) is 7. The first-order valence-electron chi connectivity index (χ1n) is 17.4. The van der Waals surface area contributed by atoms with Crippen LogP contribution in [0.25, 0.3) is 6.08 Å². The van der Waals surface area contributed by atoms with Crippen molar-refractivity contribution in [2.75, 3.05) is 17.7 Å². The number of amides is 3. The first-order valence-corrected chi connectivity index (χ1v) is 19.9. The molecule has 1 aliphatic carbocycles. The Morgan fingerprint density at radius 2 is 1.46 bits per heavy atom. The van der Waals surface area contributed by atoms with Gasteiger partial charge < -0.3 is 20.7 Å². The number of ether oxygens (including phenoxy) is 1. The molecule has 3 amide bonds. The van der Waals surface area contributed by atoms with E-state index in [2.05, 4.69) is 16.0 Å². The number of carbonyl (C=O) groups excluding carboxylic acids is 4. The maximum Gasteiger partial charge on any atom is 0.341 e. The van der Waals surface area contributed by atoms with Gasteiger partial charge in [0.1, 0.15) is 15.9 Å². The lowest BCUT2D eigenvalue weighted by atomic mass is 9.96. The van der Waals surface area contributed by atoms with Gasteiger partial charge in [0.15, 0.2) is 0 Å². The van der Waals surface area contributed by atoms with Crippen LogP contribution in [0.3, 0.4) is 0 Å². The average Bonchev–Trinajstić information content (AvgIpc) is 3.50. The van der Waals surface area contributed by atoms with Crippen LogP contribution in [0.5, 0.6) is 0 Å². The van der Waals surface area contributed by atoms with Crippen molar-refractivity contribution >= 4 is 86.8 Å². The van der Waals surface area contributed by atoms with Crippen molar-refractivity contribution in [3.05, 3.63) is 152 Å². The van der Waals surface area contributed by atoms with Gasteiger partial charge in [0, 0.05) is 36.6 Å². The van der Waals surface area contributed by atoms with Crippen LogP contribution >= 0.6 is 46.3 Å². The molecule has 54 heavy (non-hydrogen) atoms. The lowest BCUT2D eigenvalue weighted by Gasteiger charge is -2.18. The molecule has 0 spiro atoms. The summed E-state index contributed by atoms with van der Waals surface area (Å²) in [6, 6.07) is 29.9. The topological polar surface area (TPSA) is 114 Å². The maximum absolute atomic E-state index is 14.2. The minimum atomic E-state index is -0.713. The van der Waals surface area contributed by atoms with E-state index >= 15 is 0 Å². The largest absolute Gasteiger partial charge is 0.465 e. The van der Waals surface area contributed by atoms with Crippen molar-refractivity contribution in [3.8, 4) is 0 Å². The number of thioether (sulfide) groups is 1. The van der Waals surface area contributed by atoms with Crippen molar-refractivity contribution in [1.82, 2.24) is 5.32 Å². The van der Waals surface area contributed by atoms with Crippen LogP contribution in [-0.2, 0) is 27.2 Å².